The number of para-hydroxylation sites is 1. The van der Waals surface area contributed by atoms with Crippen molar-refractivity contribution in [3.63, 3.8) is 0 Å². The third-order valence-electron chi connectivity index (χ3n) is 4.55. The van der Waals surface area contributed by atoms with Crippen molar-refractivity contribution in [3.8, 4) is 0 Å². The van der Waals surface area contributed by atoms with Gasteiger partial charge in [0.1, 0.15) is 12.4 Å². The zero-order valence-corrected chi connectivity index (χ0v) is 17.9. The summed E-state index contributed by atoms with van der Waals surface area (Å²) in [6.45, 7) is 3.18. The Morgan fingerprint density at radius 3 is 2.29 bits per heavy atom. The molecule has 0 unspecified atom stereocenters. The van der Waals surface area contributed by atoms with E-state index in [4.69, 9.17) is 0 Å². The predicted molar refractivity (Wildman–Crippen MR) is 119 cm³/mol. The van der Waals surface area contributed by atoms with Crippen molar-refractivity contribution in [2.24, 2.45) is 5.10 Å². The number of carbonyl (C=O) groups excluding carboxylic acids is 1. The van der Waals surface area contributed by atoms with Crippen molar-refractivity contribution >= 4 is 27.8 Å². The van der Waals surface area contributed by atoms with E-state index < -0.39 is 22.5 Å². The van der Waals surface area contributed by atoms with Gasteiger partial charge in [-0.05, 0) is 55.3 Å². The molecule has 0 spiro atoms. The number of sulfonamides is 1. The lowest BCUT2D eigenvalue weighted by molar-refractivity contribution is -0.119. The van der Waals surface area contributed by atoms with Gasteiger partial charge in [0.25, 0.3) is 15.9 Å². The quantitative estimate of drug-likeness (QED) is 0.449. The minimum absolute atomic E-state index is 0.0870. The summed E-state index contributed by atoms with van der Waals surface area (Å²) in [6, 6.07) is 18.9. The molecule has 0 aliphatic carbocycles. The first-order valence-electron chi connectivity index (χ1n) is 9.50. The number of amides is 1. The summed E-state index contributed by atoms with van der Waals surface area (Å²) >= 11 is 0. The summed E-state index contributed by atoms with van der Waals surface area (Å²) in [7, 11) is -3.99. The lowest BCUT2D eigenvalue weighted by Gasteiger charge is -2.25. The van der Waals surface area contributed by atoms with Gasteiger partial charge in [0.2, 0.25) is 0 Å². The van der Waals surface area contributed by atoms with Crippen molar-refractivity contribution in [2.75, 3.05) is 10.8 Å². The van der Waals surface area contributed by atoms with Crippen LogP contribution >= 0.6 is 0 Å². The van der Waals surface area contributed by atoms with Crippen LogP contribution in [0.5, 0.6) is 0 Å². The second-order valence-electron chi connectivity index (χ2n) is 6.96. The van der Waals surface area contributed by atoms with Gasteiger partial charge in [-0.15, -0.1) is 0 Å². The van der Waals surface area contributed by atoms with Crippen LogP contribution in [0.1, 0.15) is 16.7 Å². The third-order valence-corrected chi connectivity index (χ3v) is 6.33. The normalized spacial score (nSPS) is 11.5. The van der Waals surface area contributed by atoms with E-state index in [0.29, 0.717) is 16.8 Å². The molecule has 0 aliphatic heterocycles. The number of nitrogens with one attached hydrogen (secondary N) is 1. The molecule has 0 saturated carbocycles. The maximum absolute atomic E-state index is 13.3. The van der Waals surface area contributed by atoms with Crippen LogP contribution in [0, 0.1) is 19.7 Å². The lowest BCUT2D eigenvalue weighted by atomic mass is 10.2. The van der Waals surface area contributed by atoms with Crippen LogP contribution in [-0.2, 0) is 14.8 Å². The van der Waals surface area contributed by atoms with Crippen LogP contribution in [0.15, 0.2) is 82.8 Å². The number of hydrazone groups is 1. The number of hydrogen-bond acceptors (Lipinski definition) is 4. The van der Waals surface area contributed by atoms with Crippen LogP contribution in [0.25, 0.3) is 0 Å². The Balaban J connectivity index is 1.85. The number of carbonyl (C=O) groups is 1. The maximum atomic E-state index is 13.3. The summed E-state index contributed by atoms with van der Waals surface area (Å²) < 4.78 is 40.7. The molecule has 0 fully saturated rings. The summed E-state index contributed by atoms with van der Waals surface area (Å²) in [4.78, 5) is 12.6. The van der Waals surface area contributed by atoms with Crippen LogP contribution in [-0.4, -0.2) is 27.1 Å². The average Bonchev–Trinajstić information content (AvgIpc) is 2.74. The van der Waals surface area contributed by atoms with Crippen molar-refractivity contribution < 1.29 is 17.6 Å². The van der Waals surface area contributed by atoms with Crippen molar-refractivity contribution in [2.45, 2.75) is 18.7 Å². The molecule has 1 amide bonds. The number of hydrogen-bond donors (Lipinski definition) is 1. The fourth-order valence-electron chi connectivity index (χ4n) is 2.87. The average molecular weight is 440 g/mol. The van der Waals surface area contributed by atoms with Gasteiger partial charge in [-0.3, -0.25) is 9.10 Å². The fraction of sp³-hybridized carbons (Fsp3) is 0.130. The van der Waals surface area contributed by atoms with Gasteiger partial charge in [0, 0.05) is 0 Å². The highest BCUT2D eigenvalue weighted by Gasteiger charge is 2.28. The molecule has 0 radical (unpaired) electrons. The third kappa shape index (κ3) is 5.55. The summed E-state index contributed by atoms with van der Waals surface area (Å²) in [5.74, 6) is -0.992. The molecule has 6 nitrogen and oxygen atoms in total. The van der Waals surface area contributed by atoms with Crippen LogP contribution in [0.3, 0.4) is 0 Å². The topological polar surface area (TPSA) is 78.8 Å². The minimum atomic E-state index is -3.99. The van der Waals surface area contributed by atoms with E-state index in [9.17, 15) is 17.6 Å². The van der Waals surface area contributed by atoms with Gasteiger partial charge in [0.15, 0.2) is 0 Å². The zero-order valence-electron chi connectivity index (χ0n) is 17.1. The van der Waals surface area contributed by atoms with Gasteiger partial charge in [-0.1, -0.05) is 48.0 Å². The number of nitrogens with zero attached hydrogens (tertiary/aromatic N) is 2. The molecule has 0 heterocycles. The Bertz CT molecular complexity index is 1190. The Hall–Kier alpha value is -3.52. The molecule has 3 aromatic carbocycles. The van der Waals surface area contributed by atoms with Crippen molar-refractivity contribution in [3.05, 3.63) is 95.3 Å². The van der Waals surface area contributed by atoms with E-state index in [1.54, 1.807) is 43.3 Å². The first-order chi connectivity index (χ1) is 14.8. The SMILES string of the molecule is Cc1ccc(S(=O)(=O)N(CC(=O)N/N=C\c2ccc(F)cc2)c2ccccc2C)cc1. The van der Waals surface area contributed by atoms with Crippen molar-refractivity contribution in [1.82, 2.24) is 5.43 Å². The predicted octanol–water partition coefficient (Wildman–Crippen LogP) is 3.79. The zero-order chi connectivity index (χ0) is 22.4. The first kappa shape index (κ1) is 22.2. The van der Waals surface area contributed by atoms with Gasteiger partial charge in [0.05, 0.1) is 16.8 Å². The number of aryl methyl sites for hydroxylation is 2. The summed E-state index contributed by atoms with van der Waals surface area (Å²) in [6.07, 6.45) is 1.35. The smallest absolute Gasteiger partial charge is 0.264 e. The lowest BCUT2D eigenvalue weighted by Crippen LogP contribution is -2.40. The number of benzene rings is 3. The molecule has 8 heteroatoms. The monoisotopic (exact) mass is 439 g/mol. The Labute approximate surface area is 181 Å². The highest BCUT2D eigenvalue weighted by Crippen LogP contribution is 2.26. The van der Waals surface area contributed by atoms with Gasteiger partial charge in [-0.2, -0.15) is 5.10 Å². The molecule has 0 saturated heterocycles. The summed E-state index contributed by atoms with van der Waals surface area (Å²) in [5.41, 5.74) is 4.95. The van der Waals surface area contributed by atoms with E-state index in [1.807, 2.05) is 6.92 Å². The number of rotatable bonds is 7. The Kier molecular flexibility index (Phi) is 6.81. The minimum Gasteiger partial charge on any atom is -0.271 e. The van der Waals surface area contributed by atoms with Gasteiger partial charge in [-0.25, -0.2) is 18.2 Å². The molecule has 0 aromatic heterocycles. The van der Waals surface area contributed by atoms with Crippen molar-refractivity contribution in [1.29, 1.82) is 0 Å². The van der Waals surface area contributed by atoms with Gasteiger partial charge >= 0.3 is 0 Å². The molecule has 0 bridgehead atoms. The van der Waals surface area contributed by atoms with E-state index in [0.717, 1.165) is 9.87 Å². The van der Waals surface area contributed by atoms with Crippen LogP contribution in [0.2, 0.25) is 0 Å². The molecule has 0 atom stereocenters. The van der Waals surface area contributed by atoms with Crippen LogP contribution < -0.4 is 9.73 Å². The van der Waals surface area contributed by atoms with E-state index in [2.05, 4.69) is 10.5 Å². The standard InChI is InChI=1S/C23H22FN3O3S/c1-17-7-13-21(14-8-17)31(29,30)27(22-6-4-3-5-18(22)2)16-23(28)26-25-15-19-9-11-20(24)12-10-19/h3-15H,16H2,1-2H3,(H,26,28)/b25-15-. The van der Waals surface area contributed by atoms with Gasteiger partial charge < -0.3 is 0 Å². The fourth-order valence-corrected chi connectivity index (χ4v) is 4.36. The highest BCUT2D eigenvalue weighted by atomic mass is 32.2. The van der Waals surface area contributed by atoms with E-state index in [1.165, 1.54) is 42.6 Å². The molecule has 160 valence electrons. The molecular formula is C23H22FN3O3S. The largest absolute Gasteiger partial charge is 0.271 e. The molecular weight excluding hydrogens is 417 g/mol. The maximum Gasteiger partial charge on any atom is 0.264 e. The van der Waals surface area contributed by atoms with E-state index in [-0.39, 0.29) is 10.7 Å². The highest BCUT2D eigenvalue weighted by molar-refractivity contribution is 7.92. The molecule has 1 N–H and O–H groups in total. The molecule has 0 aliphatic rings. The Morgan fingerprint density at radius 1 is 1.00 bits per heavy atom. The second-order valence-corrected chi connectivity index (χ2v) is 8.82. The van der Waals surface area contributed by atoms with E-state index >= 15 is 0 Å². The second kappa shape index (κ2) is 9.53. The summed E-state index contributed by atoms with van der Waals surface area (Å²) in [5, 5.41) is 3.84. The molecule has 3 rings (SSSR count). The first-order valence-corrected chi connectivity index (χ1v) is 10.9. The molecule has 31 heavy (non-hydrogen) atoms. The Morgan fingerprint density at radius 2 is 1.65 bits per heavy atom. The number of halogens is 1. The molecule has 3 aromatic rings. The van der Waals surface area contributed by atoms with Crippen LogP contribution in [0.4, 0.5) is 10.1 Å². The number of anilines is 1.